The highest BCUT2D eigenvalue weighted by atomic mass is 32.2. The molecule has 10 nitrogen and oxygen atoms in total. The number of nitrogens with one attached hydrogen (secondary N) is 2. The molecular weight excluding hydrogens is 542 g/mol. The molecule has 2 heterocycles. The van der Waals surface area contributed by atoms with E-state index in [0.29, 0.717) is 34.0 Å². The average Bonchev–Trinajstić information content (AvgIpc) is 2.96. The minimum absolute atomic E-state index is 0.116. The Morgan fingerprint density at radius 3 is 2.63 bits per heavy atom. The number of nitro groups is 1. The van der Waals surface area contributed by atoms with Crippen LogP contribution in [0.5, 0.6) is 5.75 Å². The van der Waals surface area contributed by atoms with Crippen LogP contribution < -0.4 is 15.4 Å². The standard InChI is InChI=1S/C30H29N5O5S/c1-18-12-13-21(17-24(18)35(38)39)28(36)32-22-9-6-8-20(16-22)27-26(19(2)31-30-34(27)14-7-15-41-30)29(37)33-23-10-4-5-11-25(23)40-3/h4-6,8-13,16-17,27H,7,14-15H2,1-3H3,(H,32,36)(H,33,37). The molecule has 0 radical (unpaired) electrons. The lowest BCUT2D eigenvalue weighted by molar-refractivity contribution is -0.385. The Balaban J connectivity index is 1.48. The van der Waals surface area contributed by atoms with Gasteiger partial charge in [-0.05, 0) is 56.2 Å². The van der Waals surface area contributed by atoms with Crippen molar-refractivity contribution in [2.45, 2.75) is 26.3 Å². The molecule has 3 aromatic rings. The number of aryl methyl sites for hydroxylation is 1. The second-order valence-corrected chi connectivity index (χ2v) is 10.7. The lowest BCUT2D eigenvalue weighted by Gasteiger charge is -2.41. The van der Waals surface area contributed by atoms with Gasteiger partial charge in [-0.3, -0.25) is 19.7 Å². The van der Waals surface area contributed by atoms with Gasteiger partial charge < -0.3 is 20.3 Å². The monoisotopic (exact) mass is 571 g/mol. The summed E-state index contributed by atoms with van der Waals surface area (Å²) in [7, 11) is 1.55. The van der Waals surface area contributed by atoms with E-state index < -0.39 is 16.9 Å². The quantitative estimate of drug-likeness (QED) is 0.266. The van der Waals surface area contributed by atoms with Gasteiger partial charge in [0.25, 0.3) is 17.5 Å². The molecular formula is C30H29N5O5S. The molecule has 41 heavy (non-hydrogen) atoms. The highest BCUT2D eigenvalue weighted by Gasteiger charge is 2.37. The van der Waals surface area contributed by atoms with E-state index in [-0.39, 0.29) is 17.2 Å². The van der Waals surface area contributed by atoms with E-state index in [1.54, 1.807) is 56.1 Å². The lowest BCUT2D eigenvalue weighted by Crippen LogP contribution is -2.43. The first-order valence-electron chi connectivity index (χ1n) is 13.1. The van der Waals surface area contributed by atoms with Gasteiger partial charge in [0, 0.05) is 35.2 Å². The number of aliphatic imine (C=N–C) groups is 1. The number of methoxy groups -OCH3 is 1. The minimum Gasteiger partial charge on any atom is -0.495 e. The molecule has 210 valence electrons. The van der Waals surface area contributed by atoms with Crippen molar-refractivity contribution in [1.82, 2.24) is 4.90 Å². The predicted molar refractivity (Wildman–Crippen MR) is 161 cm³/mol. The van der Waals surface area contributed by atoms with Gasteiger partial charge in [0.15, 0.2) is 5.17 Å². The van der Waals surface area contributed by atoms with Gasteiger partial charge in [-0.1, -0.05) is 42.1 Å². The highest BCUT2D eigenvalue weighted by Crippen LogP contribution is 2.41. The summed E-state index contributed by atoms with van der Waals surface area (Å²) >= 11 is 1.66. The summed E-state index contributed by atoms with van der Waals surface area (Å²) in [6, 6.07) is 18.5. The van der Waals surface area contributed by atoms with Crippen molar-refractivity contribution < 1.29 is 19.2 Å². The van der Waals surface area contributed by atoms with E-state index >= 15 is 0 Å². The fourth-order valence-electron chi connectivity index (χ4n) is 4.98. The zero-order valence-electron chi connectivity index (χ0n) is 22.8. The molecule has 2 aliphatic heterocycles. The molecule has 2 amide bonds. The van der Waals surface area contributed by atoms with Gasteiger partial charge in [-0.15, -0.1) is 0 Å². The number of amides is 2. The summed E-state index contributed by atoms with van der Waals surface area (Å²) in [5.41, 5.74) is 3.51. The molecule has 2 N–H and O–H groups in total. The molecule has 3 aromatic carbocycles. The average molecular weight is 572 g/mol. The zero-order chi connectivity index (χ0) is 29.1. The number of anilines is 2. The van der Waals surface area contributed by atoms with E-state index in [1.807, 2.05) is 37.3 Å². The fraction of sp³-hybridized carbons (Fsp3) is 0.233. The SMILES string of the molecule is COc1ccccc1NC(=O)C1=C(C)N=C2SCCCN2C1c1cccc(NC(=O)c2ccc(C)c([N+](=O)[O-])c2)c1. The van der Waals surface area contributed by atoms with Crippen LogP contribution in [0, 0.1) is 17.0 Å². The summed E-state index contributed by atoms with van der Waals surface area (Å²) in [6.07, 6.45) is 0.934. The van der Waals surface area contributed by atoms with Crippen molar-refractivity contribution in [3.8, 4) is 5.75 Å². The summed E-state index contributed by atoms with van der Waals surface area (Å²) in [6.45, 7) is 4.18. The highest BCUT2D eigenvalue weighted by molar-refractivity contribution is 8.13. The number of nitro benzene ring substituents is 1. The molecule has 1 saturated heterocycles. The van der Waals surface area contributed by atoms with E-state index in [2.05, 4.69) is 15.5 Å². The van der Waals surface area contributed by atoms with E-state index in [4.69, 9.17) is 9.73 Å². The maximum absolute atomic E-state index is 13.8. The number of amidine groups is 1. The molecule has 0 bridgehead atoms. The Bertz CT molecular complexity index is 1600. The van der Waals surface area contributed by atoms with Crippen molar-refractivity contribution in [2.24, 2.45) is 4.99 Å². The maximum Gasteiger partial charge on any atom is 0.273 e. The second-order valence-electron chi connectivity index (χ2n) is 9.68. The topological polar surface area (TPSA) is 126 Å². The molecule has 1 atom stereocenters. The zero-order valence-corrected chi connectivity index (χ0v) is 23.7. The lowest BCUT2D eigenvalue weighted by atomic mass is 9.93. The smallest absolute Gasteiger partial charge is 0.273 e. The summed E-state index contributed by atoms with van der Waals surface area (Å²) in [4.78, 5) is 44.6. The molecule has 1 unspecified atom stereocenters. The third-order valence-corrected chi connectivity index (χ3v) is 8.06. The largest absolute Gasteiger partial charge is 0.495 e. The molecule has 0 aromatic heterocycles. The van der Waals surface area contributed by atoms with Crippen LogP contribution >= 0.6 is 11.8 Å². The molecule has 0 saturated carbocycles. The fourth-order valence-corrected chi connectivity index (χ4v) is 6.00. The number of allylic oxidation sites excluding steroid dienone is 1. The van der Waals surface area contributed by atoms with Gasteiger partial charge in [-0.2, -0.15) is 0 Å². The third kappa shape index (κ3) is 5.80. The first-order valence-corrected chi connectivity index (χ1v) is 14.0. The number of carbonyl (C=O) groups is 2. The van der Waals surface area contributed by atoms with Crippen LogP contribution in [0.3, 0.4) is 0 Å². The Labute approximate surface area is 241 Å². The number of para-hydroxylation sites is 2. The van der Waals surface area contributed by atoms with Crippen LogP contribution in [0.1, 0.15) is 40.9 Å². The minimum atomic E-state index is -0.502. The van der Waals surface area contributed by atoms with Crippen LogP contribution in [0.15, 0.2) is 83.0 Å². The summed E-state index contributed by atoms with van der Waals surface area (Å²) < 4.78 is 5.42. The molecule has 0 aliphatic carbocycles. The number of nitrogens with zero attached hydrogens (tertiary/aromatic N) is 3. The van der Waals surface area contributed by atoms with Gasteiger partial charge in [0.2, 0.25) is 0 Å². The van der Waals surface area contributed by atoms with Crippen molar-refractivity contribution >= 4 is 45.8 Å². The number of hydrogen-bond donors (Lipinski definition) is 2. The van der Waals surface area contributed by atoms with Crippen LogP contribution in [0.4, 0.5) is 17.1 Å². The first kappa shape index (κ1) is 27.9. The maximum atomic E-state index is 13.8. The Hall–Kier alpha value is -4.64. The Morgan fingerprint density at radius 2 is 1.85 bits per heavy atom. The van der Waals surface area contributed by atoms with Crippen LogP contribution in [0.2, 0.25) is 0 Å². The molecule has 2 aliphatic rings. The molecule has 5 rings (SSSR count). The predicted octanol–water partition coefficient (Wildman–Crippen LogP) is 5.93. The van der Waals surface area contributed by atoms with Crippen molar-refractivity contribution in [3.63, 3.8) is 0 Å². The second kappa shape index (κ2) is 11.8. The van der Waals surface area contributed by atoms with Gasteiger partial charge >= 0.3 is 0 Å². The number of carbonyl (C=O) groups excluding carboxylic acids is 2. The number of hydrogen-bond acceptors (Lipinski definition) is 8. The summed E-state index contributed by atoms with van der Waals surface area (Å²) in [5.74, 6) is 0.726. The molecule has 11 heteroatoms. The first-order chi connectivity index (χ1) is 19.8. The van der Waals surface area contributed by atoms with Gasteiger partial charge in [-0.25, -0.2) is 4.99 Å². The van der Waals surface area contributed by atoms with Gasteiger partial charge in [0.1, 0.15) is 5.75 Å². The van der Waals surface area contributed by atoms with Crippen LogP contribution in [-0.2, 0) is 4.79 Å². The Kier molecular flexibility index (Phi) is 8.06. The number of fused-ring (bicyclic) bond motifs is 1. The molecule has 0 spiro atoms. The van der Waals surface area contributed by atoms with Crippen molar-refractivity contribution in [1.29, 1.82) is 0 Å². The Morgan fingerprint density at radius 1 is 1.05 bits per heavy atom. The van der Waals surface area contributed by atoms with Crippen LogP contribution in [0.25, 0.3) is 0 Å². The molecule has 1 fully saturated rings. The van der Waals surface area contributed by atoms with Gasteiger partial charge in [0.05, 0.1) is 35.0 Å². The summed E-state index contributed by atoms with van der Waals surface area (Å²) in [5, 5.41) is 18.1. The number of rotatable bonds is 7. The van der Waals surface area contributed by atoms with E-state index in [0.717, 1.165) is 29.4 Å². The van der Waals surface area contributed by atoms with E-state index in [9.17, 15) is 19.7 Å². The third-order valence-electron chi connectivity index (χ3n) is 6.99. The van der Waals surface area contributed by atoms with Crippen molar-refractivity contribution in [3.05, 3.63) is 105 Å². The van der Waals surface area contributed by atoms with E-state index in [1.165, 1.54) is 6.07 Å². The van der Waals surface area contributed by atoms with Crippen molar-refractivity contribution in [2.75, 3.05) is 30.0 Å². The normalized spacial score (nSPS) is 16.4. The number of thioether (sulfide) groups is 1. The number of benzene rings is 3. The number of ether oxygens (including phenoxy) is 1. The van der Waals surface area contributed by atoms with Crippen LogP contribution in [-0.4, -0.2) is 46.2 Å².